The number of benzene rings is 9. The standard InChI is InChI=1S/C26H18.C18H12.C3H8.5C2H6/c1-3-11-19(12-4-1)25-21-15-7-9-17-23(21)26(20-13-5-2-6-14-20)24-18-10-8-16-22(24)25;1-3-7-16-13(5-1)9-11-15-12-10-14-6-2-4-8-17(14)18(15)16;1-3-2;5*1-2/h1-18H;1-12H;3H2,1-2H3;5*1-2H3. The topological polar surface area (TPSA) is 0 Å². The molecular formula is C57H68. The van der Waals surface area contributed by atoms with Crippen LogP contribution in [0.1, 0.15) is 89.5 Å². The molecule has 0 aliphatic carbocycles. The maximum Gasteiger partial charge on any atom is -0.00264 e. The number of hydrogen-bond donors (Lipinski definition) is 0. The zero-order valence-corrected chi connectivity index (χ0v) is 37.0. The molecule has 9 rings (SSSR count). The zero-order valence-electron chi connectivity index (χ0n) is 37.0. The largest absolute Gasteiger partial charge is 0.0683 e. The number of hydrogen-bond acceptors (Lipinski definition) is 0. The van der Waals surface area contributed by atoms with Crippen molar-refractivity contribution in [3.63, 3.8) is 0 Å². The van der Waals surface area contributed by atoms with Gasteiger partial charge in [-0.3, -0.25) is 0 Å². The summed E-state index contributed by atoms with van der Waals surface area (Å²) in [6, 6.07) is 65.0. The molecule has 0 nitrogen and oxygen atoms in total. The van der Waals surface area contributed by atoms with Crippen molar-refractivity contribution in [2.24, 2.45) is 0 Å². The Hall–Kier alpha value is -5.72. The summed E-state index contributed by atoms with van der Waals surface area (Å²) >= 11 is 0. The Kier molecular flexibility index (Phi) is 22.4. The summed E-state index contributed by atoms with van der Waals surface area (Å²) in [6.45, 7) is 24.2. The molecule has 9 aromatic rings. The van der Waals surface area contributed by atoms with E-state index in [9.17, 15) is 0 Å². The van der Waals surface area contributed by atoms with Crippen LogP contribution >= 0.6 is 0 Å². The van der Waals surface area contributed by atoms with E-state index >= 15 is 0 Å². The quantitative estimate of drug-likeness (QED) is 0.122. The third kappa shape index (κ3) is 11.7. The van der Waals surface area contributed by atoms with E-state index in [1.54, 1.807) is 0 Å². The second-order valence-corrected chi connectivity index (χ2v) is 12.0. The van der Waals surface area contributed by atoms with Crippen molar-refractivity contribution in [3.05, 3.63) is 182 Å². The van der Waals surface area contributed by atoms with Gasteiger partial charge >= 0.3 is 0 Å². The maximum atomic E-state index is 2.25. The van der Waals surface area contributed by atoms with Crippen molar-refractivity contribution in [1.82, 2.24) is 0 Å². The van der Waals surface area contributed by atoms with Crippen molar-refractivity contribution >= 4 is 53.9 Å². The van der Waals surface area contributed by atoms with E-state index in [2.05, 4.69) is 196 Å². The fourth-order valence-corrected chi connectivity index (χ4v) is 6.74. The second-order valence-electron chi connectivity index (χ2n) is 12.0. The summed E-state index contributed by atoms with van der Waals surface area (Å²) in [6.07, 6.45) is 1.25. The van der Waals surface area contributed by atoms with E-state index < -0.39 is 0 Å². The minimum absolute atomic E-state index is 1.25. The summed E-state index contributed by atoms with van der Waals surface area (Å²) in [5.41, 5.74) is 5.16. The van der Waals surface area contributed by atoms with Crippen LogP contribution in [0.25, 0.3) is 76.1 Å². The van der Waals surface area contributed by atoms with Crippen LogP contribution in [-0.4, -0.2) is 0 Å². The molecule has 0 atom stereocenters. The van der Waals surface area contributed by atoms with Crippen molar-refractivity contribution in [1.29, 1.82) is 0 Å². The Labute approximate surface area is 346 Å². The van der Waals surface area contributed by atoms with Crippen molar-refractivity contribution < 1.29 is 0 Å². The molecule has 0 saturated heterocycles. The van der Waals surface area contributed by atoms with E-state index in [0.717, 1.165) is 0 Å². The summed E-state index contributed by atoms with van der Waals surface area (Å²) < 4.78 is 0. The summed E-state index contributed by atoms with van der Waals surface area (Å²) in [4.78, 5) is 0. The first-order chi connectivity index (χ1) is 28.3. The third-order valence-corrected chi connectivity index (χ3v) is 8.69. The summed E-state index contributed by atoms with van der Waals surface area (Å²) in [5, 5.41) is 13.2. The SMILES string of the molecule is CC.CC.CC.CC.CC.CCC.c1ccc(-c2c3ccccc3c(-c3ccccc3)c3ccccc23)cc1.c1ccc2c(c1)ccc1ccc3ccccc3c12. The zero-order chi connectivity index (χ0) is 42.0. The molecule has 0 heteroatoms. The van der Waals surface area contributed by atoms with Crippen LogP contribution in [0.2, 0.25) is 0 Å². The summed E-state index contributed by atoms with van der Waals surface area (Å²) in [5.74, 6) is 0. The highest BCUT2D eigenvalue weighted by molar-refractivity contribution is 6.22. The molecule has 0 amide bonds. The molecule has 0 heterocycles. The lowest BCUT2D eigenvalue weighted by Crippen LogP contribution is -1.90. The molecule has 0 bridgehead atoms. The van der Waals surface area contributed by atoms with Crippen molar-refractivity contribution in [2.75, 3.05) is 0 Å². The first-order valence-electron chi connectivity index (χ1n) is 21.6. The van der Waals surface area contributed by atoms with Crippen LogP contribution in [0.15, 0.2) is 182 Å². The highest BCUT2D eigenvalue weighted by atomic mass is 14.2. The van der Waals surface area contributed by atoms with E-state index in [0.29, 0.717) is 0 Å². The van der Waals surface area contributed by atoms with Crippen LogP contribution < -0.4 is 0 Å². The lowest BCUT2D eigenvalue weighted by atomic mass is 9.86. The van der Waals surface area contributed by atoms with Gasteiger partial charge in [0, 0.05) is 0 Å². The van der Waals surface area contributed by atoms with Crippen LogP contribution in [0, 0.1) is 0 Å². The van der Waals surface area contributed by atoms with Crippen molar-refractivity contribution in [2.45, 2.75) is 89.5 Å². The van der Waals surface area contributed by atoms with Gasteiger partial charge < -0.3 is 0 Å². The van der Waals surface area contributed by atoms with Crippen LogP contribution in [0.5, 0.6) is 0 Å². The Bertz CT molecular complexity index is 2210. The Morgan fingerprint density at radius 2 is 0.474 bits per heavy atom. The van der Waals surface area contributed by atoms with Gasteiger partial charge in [0.05, 0.1) is 0 Å². The molecule has 0 aliphatic heterocycles. The summed E-state index contributed by atoms with van der Waals surface area (Å²) in [7, 11) is 0. The minimum atomic E-state index is 1.25. The first kappa shape index (κ1) is 47.4. The van der Waals surface area contributed by atoms with Crippen LogP contribution in [0.3, 0.4) is 0 Å². The van der Waals surface area contributed by atoms with Gasteiger partial charge in [0.2, 0.25) is 0 Å². The smallest absolute Gasteiger partial charge is 0.00264 e. The molecule has 0 saturated carbocycles. The Morgan fingerprint density at radius 1 is 0.246 bits per heavy atom. The van der Waals surface area contributed by atoms with Crippen LogP contribution in [0.4, 0.5) is 0 Å². The normalized spacial score (nSPS) is 9.47. The molecule has 0 fully saturated rings. The second kappa shape index (κ2) is 27.0. The Morgan fingerprint density at radius 3 is 0.772 bits per heavy atom. The minimum Gasteiger partial charge on any atom is -0.0683 e. The highest BCUT2D eigenvalue weighted by Gasteiger charge is 2.15. The van der Waals surface area contributed by atoms with Gasteiger partial charge in [0.25, 0.3) is 0 Å². The van der Waals surface area contributed by atoms with E-state index in [-0.39, 0.29) is 0 Å². The number of fused-ring (bicyclic) bond motifs is 7. The Balaban J connectivity index is 0.000000316. The average molecular weight is 753 g/mol. The molecule has 296 valence electrons. The van der Waals surface area contributed by atoms with Gasteiger partial charge in [0.1, 0.15) is 0 Å². The molecule has 9 aromatic carbocycles. The average Bonchev–Trinajstić information content (AvgIpc) is 3.32. The van der Waals surface area contributed by atoms with Crippen LogP contribution in [-0.2, 0) is 0 Å². The van der Waals surface area contributed by atoms with Gasteiger partial charge in [-0.1, -0.05) is 271 Å². The molecule has 0 radical (unpaired) electrons. The molecular weight excluding hydrogens is 685 g/mol. The lowest BCUT2D eigenvalue weighted by Gasteiger charge is -2.17. The predicted octanol–water partition coefficient (Wildman–Crippen LogP) is 19.0. The fourth-order valence-electron chi connectivity index (χ4n) is 6.74. The molecule has 0 spiro atoms. The highest BCUT2D eigenvalue weighted by Crippen LogP contribution is 2.43. The predicted molar refractivity (Wildman–Crippen MR) is 264 cm³/mol. The lowest BCUT2D eigenvalue weighted by molar-refractivity contribution is 1.09. The number of rotatable bonds is 2. The monoisotopic (exact) mass is 753 g/mol. The third-order valence-electron chi connectivity index (χ3n) is 8.69. The van der Waals surface area contributed by atoms with Gasteiger partial charge in [0.15, 0.2) is 0 Å². The molecule has 0 aromatic heterocycles. The fraction of sp³-hybridized carbons (Fsp3) is 0.228. The molecule has 57 heavy (non-hydrogen) atoms. The maximum absolute atomic E-state index is 2.25. The van der Waals surface area contributed by atoms with Gasteiger partial charge in [-0.25, -0.2) is 0 Å². The van der Waals surface area contributed by atoms with Gasteiger partial charge in [-0.05, 0) is 76.1 Å². The van der Waals surface area contributed by atoms with E-state index in [1.165, 1.54) is 82.5 Å². The van der Waals surface area contributed by atoms with Gasteiger partial charge in [-0.15, -0.1) is 0 Å². The van der Waals surface area contributed by atoms with Crippen molar-refractivity contribution in [3.8, 4) is 22.3 Å². The molecule has 0 aliphatic rings. The van der Waals surface area contributed by atoms with E-state index in [1.807, 2.05) is 69.2 Å². The van der Waals surface area contributed by atoms with E-state index in [4.69, 9.17) is 0 Å². The molecule has 0 N–H and O–H groups in total. The first-order valence-corrected chi connectivity index (χ1v) is 21.6. The molecule has 0 unspecified atom stereocenters. The van der Waals surface area contributed by atoms with Gasteiger partial charge in [-0.2, -0.15) is 0 Å².